The molecule has 0 radical (unpaired) electrons. The van der Waals surface area contributed by atoms with E-state index >= 15 is 0 Å². The number of nitrogens with one attached hydrogen (secondary N) is 1. The van der Waals surface area contributed by atoms with Crippen LogP contribution in [0, 0.1) is 0 Å². The van der Waals surface area contributed by atoms with Crippen LogP contribution >= 0.6 is 0 Å². The smallest absolute Gasteiger partial charge is 0.307 e. The van der Waals surface area contributed by atoms with Gasteiger partial charge in [-0.05, 0) is 50.5 Å². The molecule has 136 valence electrons. The monoisotopic (exact) mass is 347 g/mol. The maximum Gasteiger partial charge on any atom is 0.307 e. The SMILES string of the molecule is CCCOc1ccc(C(=O)CCC(=O)O[C@H](C)C(=O)NC2CC2)cc1. The Morgan fingerprint density at radius 3 is 2.44 bits per heavy atom. The zero-order valence-corrected chi connectivity index (χ0v) is 14.7. The van der Waals surface area contributed by atoms with Crippen molar-refractivity contribution in [3.05, 3.63) is 29.8 Å². The number of ketones is 1. The molecule has 6 nitrogen and oxygen atoms in total. The van der Waals surface area contributed by atoms with E-state index in [1.54, 1.807) is 24.3 Å². The fourth-order valence-electron chi connectivity index (χ4n) is 2.17. The van der Waals surface area contributed by atoms with Gasteiger partial charge < -0.3 is 14.8 Å². The van der Waals surface area contributed by atoms with E-state index in [4.69, 9.17) is 9.47 Å². The highest BCUT2D eigenvalue weighted by atomic mass is 16.5. The minimum Gasteiger partial charge on any atom is -0.494 e. The van der Waals surface area contributed by atoms with Gasteiger partial charge in [0.25, 0.3) is 5.91 Å². The summed E-state index contributed by atoms with van der Waals surface area (Å²) in [6.45, 7) is 4.19. The van der Waals surface area contributed by atoms with Crippen LogP contribution < -0.4 is 10.1 Å². The minimum atomic E-state index is -0.835. The predicted octanol–water partition coefficient (Wildman–Crippen LogP) is 2.65. The van der Waals surface area contributed by atoms with Crippen molar-refractivity contribution in [2.24, 2.45) is 0 Å². The number of esters is 1. The number of carbonyl (C=O) groups is 3. The first-order valence-corrected chi connectivity index (χ1v) is 8.75. The molecule has 1 aromatic carbocycles. The molecule has 1 saturated carbocycles. The topological polar surface area (TPSA) is 81.7 Å². The van der Waals surface area contributed by atoms with Gasteiger partial charge in [-0.2, -0.15) is 0 Å². The first kappa shape index (κ1) is 19.0. The highest BCUT2D eigenvalue weighted by Crippen LogP contribution is 2.19. The van der Waals surface area contributed by atoms with Gasteiger partial charge in [-0.1, -0.05) is 6.92 Å². The summed E-state index contributed by atoms with van der Waals surface area (Å²) in [4.78, 5) is 35.6. The second-order valence-electron chi connectivity index (χ2n) is 6.21. The fraction of sp³-hybridized carbons (Fsp3) is 0.526. The van der Waals surface area contributed by atoms with E-state index in [0.29, 0.717) is 17.9 Å². The van der Waals surface area contributed by atoms with E-state index in [0.717, 1.165) is 19.3 Å². The molecule has 1 fully saturated rings. The standard InChI is InChI=1S/C19H25NO5/c1-3-12-24-16-8-4-14(5-9-16)17(21)10-11-18(22)25-13(2)19(23)20-15-6-7-15/h4-5,8-9,13,15H,3,6-7,10-12H2,1-2H3,(H,20,23)/t13-/m1/s1. The molecule has 0 unspecified atom stereocenters. The van der Waals surface area contributed by atoms with Crippen LogP contribution in [-0.4, -0.2) is 36.4 Å². The third-order valence-electron chi connectivity index (χ3n) is 3.81. The molecule has 0 aliphatic heterocycles. The Morgan fingerprint density at radius 2 is 1.84 bits per heavy atom. The maximum absolute atomic E-state index is 12.1. The lowest BCUT2D eigenvalue weighted by Gasteiger charge is -2.13. The van der Waals surface area contributed by atoms with E-state index in [2.05, 4.69) is 5.32 Å². The summed E-state index contributed by atoms with van der Waals surface area (Å²) < 4.78 is 10.5. The van der Waals surface area contributed by atoms with E-state index in [-0.39, 0.29) is 30.6 Å². The van der Waals surface area contributed by atoms with Gasteiger partial charge in [0.05, 0.1) is 13.0 Å². The van der Waals surface area contributed by atoms with Crippen LogP contribution in [0.2, 0.25) is 0 Å². The first-order chi connectivity index (χ1) is 12.0. The van der Waals surface area contributed by atoms with Crippen molar-refractivity contribution in [3.63, 3.8) is 0 Å². The highest BCUT2D eigenvalue weighted by Gasteiger charge is 2.27. The van der Waals surface area contributed by atoms with Crippen molar-refractivity contribution in [2.75, 3.05) is 6.61 Å². The molecule has 0 heterocycles. The summed E-state index contributed by atoms with van der Waals surface area (Å²) in [5, 5.41) is 2.77. The number of ether oxygens (including phenoxy) is 2. The average molecular weight is 347 g/mol. The number of carbonyl (C=O) groups excluding carboxylic acids is 3. The first-order valence-electron chi connectivity index (χ1n) is 8.75. The van der Waals surface area contributed by atoms with Crippen molar-refractivity contribution in [1.82, 2.24) is 5.32 Å². The Hall–Kier alpha value is -2.37. The van der Waals surface area contributed by atoms with Crippen molar-refractivity contribution in [3.8, 4) is 5.75 Å². The van der Waals surface area contributed by atoms with Crippen molar-refractivity contribution < 1.29 is 23.9 Å². The van der Waals surface area contributed by atoms with Gasteiger partial charge in [-0.15, -0.1) is 0 Å². The average Bonchev–Trinajstić information content (AvgIpc) is 3.42. The van der Waals surface area contributed by atoms with E-state index in [1.165, 1.54) is 6.92 Å². The third kappa shape index (κ3) is 6.57. The summed E-state index contributed by atoms with van der Waals surface area (Å²) >= 11 is 0. The second kappa shape index (κ2) is 9.20. The van der Waals surface area contributed by atoms with Gasteiger partial charge >= 0.3 is 5.97 Å². The normalized spacial score (nSPS) is 14.5. The van der Waals surface area contributed by atoms with Gasteiger partial charge in [0.2, 0.25) is 0 Å². The molecule has 1 aliphatic carbocycles. The number of benzene rings is 1. The predicted molar refractivity (Wildman–Crippen MR) is 92.5 cm³/mol. The summed E-state index contributed by atoms with van der Waals surface area (Å²) in [5.74, 6) is -0.262. The van der Waals surface area contributed by atoms with Crippen molar-refractivity contribution >= 4 is 17.7 Å². The van der Waals surface area contributed by atoms with Crippen molar-refractivity contribution in [2.45, 2.75) is 58.1 Å². The molecule has 0 saturated heterocycles. The zero-order chi connectivity index (χ0) is 18.2. The highest BCUT2D eigenvalue weighted by molar-refractivity contribution is 5.97. The molecule has 1 amide bonds. The zero-order valence-electron chi connectivity index (χ0n) is 14.7. The fourth-order valence-corrected chi connectivity index (χ4v) is 2.17. The Kier molecular flexibility index (Phi) is 6.98. The lowest BCUT2D eigenvalue weighted by atomic mass is 10.1. The molecule has 1 N–H and O–H groups in total. The number of rotatable bonds is 10. The third-order valence-corrected chi connectivity index (χ3v) is 3.81. The summed E-state index contributed by atoms with van der Waals surface area (Å²) in [5.41, 5.74) is 0.524. The molecular weight excluding hydrogens is 322 g/mol. The molecule has 1 atom stereocenters. The second-order valence-corrected chi connectivity index (χ2v) is 6.21. The van der Waals surface area contributed by atoms with Crippen LogP contribution in [0.15, 0.2) is 24.3 Å². The molecule has 1 aromatic rings. The lowest BCUT2D eigenvalue weighted by Crippen LogP contribution is -2.37. The number of Topliss-reactive ketones (excluding diaryl/α,β-unsaturated/α-hetero) is 1. The molecule has 25 heavy (non-hydrogen) atoms. The number of hydrogen-bond acceptors (Lipinski definition) is 5. The Bertz CT molecular complexity index is 607. The molecule has 0 spiro atoms. The van der Waals surface area contributed by atoms with Crippen LogP contribution in [-0.2, 0) is 14.3 Å². The summed E-state index contributed by atoms with van der Waals surface area (Å²) in [6, 6.07) is 7.07. The van der Waals surface area contributed by atoms with Crippen LogP contribution in [0.25, 0.3) is 0 Å². The van der Waals surface area contributed by atoms with Gasteiger partial charge in [-0.3, -0.25) is 14.4 Å². The minimum absolute atomic E-state index is 0.0466. The quantitative estimate of drug-likeness (QED) is 0.520. The molecule has 1 aliphatic rings. The Balaban J connectivity index is 1.72. The van der Waals surface area contributed by atoms with Crippen LogP contribution in [0.1, 0.15) is 56.3 Å². The van der Waals surface area contributed by atoms with Crippen LogP contribution in [0.4, 0.5) is 0 Å². The molecule has 6 heteroatoms. The maximum atomic E-state index is 12.1. The molecule has 0 aromatic heterocycles. The van der Waals surface area contributed by atoms with Crippen LogP contribution in [0.3, 0.4) is 0 Å². The van der Waals surface area contributed by atoms with Crippen LogP contribution in [0.5, 0.6) is 5.75 Å². The largest absolute Gasteiger partial charge is 0.494 e. The van der Waals surface area contributed by atoms with Crippen molar-refractivity contribution in [1.29, 1.82) is 0 Å². The number of hydrogen-bond donors (Lipinski definition) is 1. The summed E-state index contributed by atoms with van der Waals surface area (Å²) in [6.07, 6.45) is 2.03. The van der Waals surface area contributed by atoms with Gasteiger partial charge in [0.1, 0.15) is 5.75 Å². The van der Waals surface area contributed by atoms with Gasteiger partial charge in [0, 0.05) is 18.0 Å². The van der Waals surface area contributed by atoms with E-state index in [1.807, 2.05) is 6.92 Å². The molecule has 2 rings (SSSR count). The number of amides is 1. The molecular formula is C19H25NO5. The summed E-state index contributed by atoms with van der Waals surface area (Å²) in [7, 11) is 0. The Labute approximate surface area is 147 Å². The molecule has 0 bridgehead atoms. The van der Waals surface area contributed by atoms with E-state index in [9.17, 15) is 14.4 Å². The van der Waals surface area contributed by atoms with E-state index < -0.39 is 12.1 Å². The lowest BCUT2D eigenvalue weighted by molar-refractivity contribution is -0.154. The van der Waals surface area contributed by atoms with Gasteiger partial charge in [-0.25, -0.2) is 0 Å². The van der Waals surface area contributed by atoms with Gasteiger partial charge in [0.15, 0.2) is 11.9 Å². The Morgan fingerprint density at radius 1 is 1.16 bits per heavy atom.